The zero-order valence-corrected chi connectivity index (χ0v) is 10.9. The van der Waals surface area contributed by atoms with Crippen LogP contribution in [0.3, 0.4) is 0 Å². The molecule has 1 unspecified atom stereocenters. The fourth-order valence-corrected chi connectivity index (χ4v) is 1.85. The SMILES string of the molecule is CC(C)C(C)NCCNC(=O)c1cccs1. The van der Waals surface area contributed by atoms with Crippen LogP contribution in [0.25, 0.3) is 0 Å². The Morgan fingerprint density at radius 1 is 1.38 bits per heavy atom. The van der Waals surface area contributed by atoms with Gasteiger partial charge in [0.1, 0.15) is 0 Å². The molecule has 1 amide bonds. The van der Waals surface area contributed by atoms with Crippen molar-refractivity contribution < 1.29 is 4.79 Å². The summed E-state index contributed by atoms with van der Waals surface area (Å²) in [6.45, 7) is 8.01. The van der Waals surface area contributed by atoms with E-state index in [0.29, 0.717) is 18.5 Å². The van der Waals surface area contributed by atoms with Crippen LogP contribution in [0, 0.1) is 5.92 Å². The molecule has 1 rings (SSSR count). The first-order valence-corrected chi connectivity index (χ1v) is 6.54. The molecule has 0 aliphatic rings. The maximum absolute atomic E-state index is 11.6. The molecule has 0 aromatic carbocycles. The summed E-state index contributed by atoms with van der Waals surface area (Å²) in [5, 5.41) is 8.17. The molecule has 3 nitrogen and oxygen atoms in total. The molecular weight excluding hydrogens is 220 g/mol. The van der Waals surface area contributed by atoms with E-state index in [1.807, 2.05) is 17.5 Å². The van der Waals surface area contributed by atoms with Gasteiger partial charge in [-0.05, 0) is 24.3 Å². The van der Waals surface area contributed by atoms with E-state index in [1.54, 1.807) is 0 Å². The van der Waals surface area contributed by atoms with Crippen LogP contribution in [0.2, 0.25) is 0 Å². The smallest absolute Gasteiger partial charge is 0.261 e. The molecule has 0 spiro atoms. The molecule has 90 valence electrons. The van der Waals surface area contributed by atoms with Crippen LogP contribution in [0.4, 0.5) is 0 Å². The van der Waals surface area contributed by atoms with E-state index in [9.17, 15) is 4.79 Å². The van der Waals surface area contributed by atoms with Gasteiger partial charge in [0.25, 0.3) is 5.91 Å². The van der Waals surface area contributed by atoms with Gasteiger partial charge in [-0.25, -0.2) is 0 Å². The highest BCUT2D eigenvalue weighted by Crippen LogP contribution is 2.07. The highest BCUT2D eigenvalue weighted by atomic mass is 32.1. The van der Waals surface area contributed by atoms with Crippen LogP contribution in [-0.2, 0) is 0 Å². The molecule has 2 N–H and O–H groups in total. The van der Waals surface area contributed by atoms with Crippen molar-refractivity contribution >= 4 is 17.2 Å². The van der Waals surface area contributed by atoms with E-state index in [4.69, 9.17) is 0 Å². The number of carbonyl (C=O) groups excluding carboxylic acids is 1. The predicted molar refractivity (Wildman–Crippen MR) is 69.0 cm³/mol. The third-order valence-corrected chi connectivity index (χ3v) is 3.49. The van der Waals surface area contributed by atoms with Gasteiger partial charge >= 0.3 is 0 Å². The van der Waals surface area contributed by atoms with Crippen LogP contribution < -0.4 is 10.6 Å². The van der Waals surface area contributed by atoms with Crippen molar-refractivity contribution in [2.45, 2.75) is 26.8 Å². The van der Waals surface area contributed by atoms with Crippen molar-refractivity contribution in [2.24, 2.45) is 5.92 Å². The summed E-state index contributed by atoms with van der Waals surface area (Å²) in [4.78, 5) is 12.3. The minimum absolute atomic E-state index is 0.0222. The number of carbonyl (C=O) groups is 1. The average Bonchev–Trinajstić information content (AvgIpc) is 2.76. The van der Waals surface area contributed by atoms with Gasteiger partial charge in [0.15, 0.2) is 0 Å². The van der Waals surface area contributed by atoms with Gasteiger partial charge in [-0.15, -0.1) is 11.3 Å². The molecule has 0 saturated carbocycles. The molecule has 1 atom stereocenters. The molecule has 0 radical (unpaired) electrons. The lowest BCUT2D eigenvalue weighted by molar-refractivity contribution is 0.0957. The second kappa shape index (κ2) is 6.66. The average molecular weight is 240 g/mol. The summed E-state index contributed by atoms with van der Waals surface area (Å²) in [7, 11) is 0. The zero-order valence-electron chi connectivity index (χ0n) is 10.1. The minimum atomic E-state index is 0.0222. The third kappa shape index (κ3) is 4.33. The van der Waals surface area contributed by atoms with Gasteiger partial charge in [-0.3, -0.25) is 4.79 Å². The van der Waals surface area contributed by atoms with Gasteiger partial charge in [-0.2, -0.15) is 0 Å². The second-order valence-electron chi connectivity index (χ2n) is 4.22. The Hall–Kier alpha value is -0.870. The summed E-state index contributed by atoms with van der Waals surface area (Å²) in [6.07, 6.45) is 0. The lowest BCUT2D eigenvalue weighted by atomic mass is 10.1. The maximum atomic E-state index is 11.6. The Morgan fingerprint density at radius 3 is 2.69 bits per heavy atom. The number of amides is 1. The molecule has 1 heterocycles. The number of nitrogens with one attached hydrogen (secondary N) is 2. The van der Waals surface area contributed by atoms with E-state index in [1.165, 1.54) is 11.3 Å². The summed E-state index contributed by atoms with van der Waals surface area (Å²) in [6, 6.07) is 4.21. The van der Waals surface area contributed by atoms with Gasteiger partial charge in [0.05, 0.1) is 4.88 Å². The Labute approximate surface area is 101 Å². The summed E-state index contributed by atoms with van der Waals surface area (Å²) < 4.78 is 0. The van der Waals surface area contributed by atoms with E-state index in [0.717, 1.165) is 11.4 Å². The topological polar surface area (TPSA) is 41.1 Å². The van der Waals surface area contributed by atoms with Crippen LogP contribution in [0.15, 0.2) is 17.5 Å². The Bertz CT molecular complexity index is 309. The molecule has 1 aromatic rings. The fraction of sp³-hybridized carbons (Fsp3) is 0.583. The highest BCUT2D eigenvalue weighted by molar-refractivity contribution is 7.12. The van der Waals surface area contributed by atoms with Crippen molar-refractivity contribution in [3.8, 4) is 0 Å². The summed E-state index contributed by atoms with van der Waals surface area (Å²) in [5.41, 5.74) is 0. The lowest BCUT2D eigenvalue weighted by Crippen LogP contribution is -2.37. The number of hydrogen-bond acceptors (Lipinski definition) is 3. The molecule has 0 aliphatic heterocycles. The lowest BCUT2D eigenvalue weighted by Gasteiger charge is -2.17. The quantitative estimate of drug-likeness (QED) is 0.748. The Balaban J connectivity index is 2.14. The van der Waals surface area contributed by atoms with E-state index in [2.05, 4.69) is 31.4 Å². The van der Waals surface area contributed by atoms with Crippen LogP contribution >= 0.6 is 11.3 Å². The summed E-state index contributed by atoms with van der Waals surface area (Å²) >= 11 is 1.47. The zero-order chi connectivity index (χ0) is 12.0. The van der Waals surface area contributed by atoms with Crippen LogP contribution in [0.1, 0.15) is 30.4 Å². The van der Waals surface area contributed by atoms with Gasteiger partial charge in [0, 0.05) is 19.1 Å². The van der Waals surface area contributed by atoms with Gasteiger partial charge in [-0.1, -0.05) is 19.9 Å². The monoisotopic (exact) mass is 240 g/mol. The second-order valence-corrected chi connectivity index (χ2v) is 5.17. The molecule has 0 aliphatic carbocycles. The van der Waals surface area contributed by atoms with E-state index in [-0.39, 0.29) is 5.91 Å². The fourth-order valence-electron chi connectivity index (χ4n) is 1.21. The molecule has 1 aromatic heterocycles. The van der Waals surface area contributed by atoms with E-state index >= 15 is 0 Å². The summed E-state index contributed by atoms with van der Waals surface area (Å²) in [5.74, 6) is 0.641. The van der Waals surface area contributed by atoms with Crippen molar-refractivity contribution in [3.63, 3.8) is 0 Å². The standard InChI is InChI=1S/C12H20N2OS/c1-9(2)10(3)13-6-7-14-12(15)11-5-4-8-16-11/h4-5,8-10,13H,6-7H2,1-3H3,(H,14,15). The normalized spacial score (nSPS) is 12.8. The first-order chi connectivity index (χ1) is 7.61. The number of hydrogen-bond donors (Lipinski definition) is 2. The predicted octanol–water partition coefficient (Wildman–Crippen LogP) is 2.11. The van der Waals surface area contributed by atoms with Gasteiger partial charge < -0.3 is 10.6 Å². The third-order valence-electron chi connectivity index (χ3n) is 2.62. The van der Waals surface area contributed by atoms with E-state index < -0.39 is 0 Å². The highest BCUT2D eigenvalue weighted by Gasteiger charge is 2.07. The number of thiophene rings is 1. The van der Waals surface area contributed by atoms with Crippen LogP contribution in [-0.4, -0.2) is 25.0 Å². The first-order valence-electron chi connectivity index (χ1n) is 5.66. The molecule has 0 bridgehead atoms. The van der Waals surface area contributed by atoms with Crippen molar-refractivity contribution in [2.75, 3.05) is 13.1 Å². The first kappa shape index (κ1) is 13.2. The van der Waals surface area contributed by atoms with Crippen LogP contribution in [0.5, 0.6) is 0 Å². The molecule has 4 heteroatoms. The molecular formula is C12H20N2OS. The van der Waals surface area contributed by atoms with Crippen molar-refractivity contribution in [1.82, 2.24) is 10.6 Å². The molecule has 16 heavy (non-hydrogen) atoms. The maximum Gasteiger partial charge on any atom is 0.261 e. The molecule has 0 fully saturated rings. The number of rotatable bonds is 6. The van der Waals surface area contributed by atoms with Gasteiger partial charge in [0.2, 0.25) is 0 Å². The Morgan fingerprint density at radius 2 is 2.12 bits per heavy atom. The molecule has 0 saturated heterocycles. The van der Waals surface area contributed by atoms with Crippen molar-refractivity contribution in [1.29, 1.82) is 0 Å². The Kier molecular flexibility index (Phi) is 5.49. The van der Waals surface area contributed by atoms with Crippen molar-refractivity contribution in [3.05, 3.63) is 22.4 Å². The largest absolute Gasteiger partial charge is 0.350 e. The minimum Gasteiger partial charge on any atom is -0.350 e.